The van der Waals surface area contributed by atoms with Gasteiger partial charge in [-0.05, 0) is 30.8 Å². The molecule has 0 bridgehead atoms. The molecule has 0 aromatic carbocycles. The largest absolute Gasteiger partial charge is 0.466 e. The molecule has 0 aromatic rings. The molecule has 17 heavy (non-hydrogen) atoms. The number of hydrogen-bond donors (Lipinski definition) is 0. The topological polar surface area (TPSA) is 26.3 Å². The van der Waals surface area contributed by atoms with Crippen LogP contribution in [-0.4, -0.2) is 24.6 Å². The van der Waals surface area contributed by atoms with Gasteiger partial charge in [0.2, 0.25) is 0 Å². The molecule has 0 aliphatic carbocycles. The van der Waals surface area contributed by atoms with Crippen LogP contribution in [0, 0.1) is 5.92 Å². The lowest BCUT2D eigenvalue weighted by Gasteiger charge is -2.13. The highest BCUT2D eigenvalue weighted by Crippen LogP contribution is 2.18. The summed E-state index contributed by atoms with van der Waals surface area (Å²) in [7, 11) is 0. The van der Waals surface area contributed by atoms with E-state index in [0.29, 0.717) is 18.9 Å². The van der Waals surface area contributed by atoms with Gasteiger partial charge in [-0.1, -0.05) is 39.5 Å². The number of unbranched alkanes of at least 4 members (excludes halogenated alkanes) is 1. The normalized spacial score (nSPS) is 12.4. The van der Waals surface area contributed by atoms with E-state index in [9.17, 15) is 4.79 Å². The van der Waals surface area contributed by atoms with Crippen LogP contribution < -0.4 is 0 Å². The van der Waals surface area contributed by atoms with Crippen molar-refractivity contribution in [2.45, 2.75) is 58.8 Å². The molecule has 0 rings (SSSR count). The van der Waals surface area contributed by atoms with Crippen LogP contribution in [0.15, 0.2) is 0 Å². The summed E-state index contributed by atoms with van der Waals surface area (Å²) in [5.74, 6) is 1.76. The van der Waals surface area contributed by atoms with Crippen LogP contribution >= 0.6 is 11.8 Å². The molecule has 0 spiro atoms. The van der Waals surface area contributed by atoms with Crippen LogP contribution in [0.3, 0.4) is 0 Å². The predicted octanol–water partition coefficient (Wildman–Crippen LogP) is 4.28. The zero-order valence-corrected chi connectivity index (χ0v) is 12.5. The summed E-state index contributed by atoms with van der Waals surface area (Å²) in [4.78, 5) is 11.5. The van der Waals surface area contributed by atoms with Crippen LogP contribution in [0.5, 0.6) is 0 Å². The van der Waals surface area contributed by atoms with Crippen molar-refractivity contribution >= 4 is 17.7 Å². The Kier molecular flexibility index (Phi) is 12.2. The Balaban J connectivity index is 3.52. The maximum absolute atomic E-state index is 11.5. The van der Waals surface area contributed by atoms with Crippen molar-refractivity contribution in [3.05, 3.63) is 0 Å². The number of carbonyl (C=O) groups is 1. The molecule has 0 radical (unpaired) electrons. The minimum absolute atomic E-state index is 0.0129. The lowest BCUT2D eigenvalue weighted by atomic mass is 9.94. The van der Waals surface area contributed by atoms with Crippen LogP contribution in [0.2, 0.25) is 0 Å². The predicted molar refractivity (Wildman–Crippen MR) is 76.5 cm³/mol. The molecule has 0 fully saturated rings. The molecular formula is C14H28O2S. The summed E-state index contributed by atoms with van der Waals surface area (Å²) < 4.78 is 5.19. The van der Waals surface area contributed by atoms with Gasteiger partial charge in [-0.25, -0.2) is 0 Å². The highest BCUT2D eigenvalue weighted by molar-refractivity contribution is 7.98. The van der Waals surface area contributed by atoms with Crippen LogP contribution in [-0.2, 0) is 9.53 Å². The third kappa shape index (κ3) is 10.7. The van der Waals surface area contributed by atoms with E-state index in [1.54, 1.807) is 11.8 Å². The first-order chi connectivity index (χ1) is 8.24. The first kappa shape index (κ1) is 16.8. The fourth-order valence-corrected chi connectivity index (χ4v) is 2.24. The fraction of sp³-hybridized carbons (Fsp3) is 0.929. The van der Waals surface area contributed by atoms with Gasteiger partial charge >= 0.3 is 5.97 Å². The van der Waals surface area contributed by atoms with E-state index in [2.05, 4.69) is 20.1 Å². The van der Waals surface area contributed by atoms with Gasteiger partial charge in [0.25, 0.3) is 0 Å². The Labute approximate surface area is 111 Å². The number of hydrogen-bond acceptors (Lipinski definition) is 3. The highest BCUT2D eigenvalue weighted by Gasteiger charge is 2.09. The summed E-state index contributed by atoms with van der Waals surface area (Å²) in [5, 5.41) is 0. The zero-order chi connectivity index (χ0) is 12.9. The molecule has 0 aliphatic rings. The molecule has 0 saturated heterocycles. The highest BCUT2D eigenvalue weighted by atomic mass is 32.2. The van der Waals surface area contributed by atoms with E-state index < -0.39 is 0 Å². The van der Waals surface area contributed by atoms with Gasteiger partial charge in [0.1, 0.15) is 0 Å². The van der Waals surface area contributed by atoms with Crippen molar-refractivity contribution < 1.29 is 9.53 Å². The van der Waals surface area contributed by atoms with Crippen LogP contribution in [0.1, 0.15) is 58.8 Å². The standard InChI is InChI=1S/C14H28O2S/c1-4-6-8-13(5-2)9-10-14(15)16-11-7-12-17-3/h13H,4-12H2,1-3H3. The van der Waals surface area contributed by atoms with Gasteiger partial charge < -0.3 is 4.74 Å². The summed E-state index contributed by atoms with van der Waals surface area (Å²) in [5.41, 5.74) is 0. The van der Waals surface area contributed by atoms with E-state index >= 15 is 0 Å². The average Bonchev–Trinajstić information content (AvgIpc) is 2.35. The molecule has 0 heterocycles. The minimum atomic E-state index is -0.0129. The maximum atomic E-state index is 11.5. The van der Waals surface area contributed by atoms with E-state index in [4.69, 9.17) is 4.74 Å². The summed E-state index contributed by atoms with van der Waals surface area (Å²) in [6.07, 6.45) is 9.60. The molecule has 2 nitrogen and oxygen atoms in total. The Bertz CT molecular complexity index is 183. The molecule has 0 aliphatic heterocycles. The first-order valence-corrected chi connectivity index (χ1v) is 8.28. The molecule has 0 saturated carbocycles. The van der Waals surface area contributed by atoms with Gasteiger partial charge in [0.05, 0.1) is 6.61 Å². The first-order valence-electron chi connectivity index (χ1n) is 6.89. The smallest absolute Gasteiger partial charge is 0.305 e. The van der Waals surface area contributed by atoms with Crippen molar-refractivity contribution in [3.8, 4) is 0 Å². The van der Waals surface area contributed by atoms with Crippen molar-refractivity contribution in [3.63, 3.8) is 0 Å². The summed E-state index contributed by atoms with van der Waals surface area (Å²) in [6.45, 7) is 5.02. The number of thioether (sulfide) groups is 1. The number of esters is 1. The second-order valence-electron chi connectivity index (χ2n) is 4.52. The molecule has 102 valence electrons. The second-order valence-corrected chi connectivity index (χ2v) is 5.51. The van der Waals surface area contributed by atoms with E-state index in [1.165, 1.54) is 25.7 Å². The maximum Gasteiger partial charge on any atom is 0.305 e. The lowest BCUT2D eigenvalue weighted by Crippen LogP contribution is -2.09. The molecule has 0 N–H and O–H groups in total. The Morgan fingerprint density at radius 2 is 2.00 bits per heavy atom. The average molecular weight is 260 g/mol. The Morgan fingerprint density at radius 1 is 1.24 bits per heavy atom. The number of rotatable bonds is 11. The number of ether oxygens (including phenoxy) is 1. The van der Waals surface area contributed by atoms with Gasteiger partial charge in [0.15, 0.2) is 0 Å². The van der Waals surface area contributed by atoms with Crippen molar-refractivity contribution in [1.82, 2.24) is 0 Å². The van der Waals surface area contributed by atoms with Crippen molar-refractivity contribution in [1.29, 1.82) is 0 Å². The molecule has 1 atom stereocenters. The van der Waals surface area contributed by atoms with Gasteiger partial charge in [-0.2, -0.15) is 11.8 Å². The molecule has 0 amide bonds. The SMILES string of the molecule is CCCCC(CC)CCC(=O)OCCCSC. The van der Waals surface area contributed by atoms with E-state index in [-0.39, 0.29) is 5.97 Å². The molecule has 3 heteroatoms. The zero-order valence-electron chi connectivity index (χ0n) is 11.7. The number of carbonyl (C=O) groups excluding carboxylic acids is 1. The van der Waals surface area contributed by atoms with Crippen molar-refractivity contribution in [2.24, 2.45) is 5.92 Å². The van der Waals surface area contributed by atoms with Gasteiger partial charge in [0, 0.05) is 6.42 Å². The molecule has 0 aromatic heterocycles. The third-order valence-electron chi connectivity index (χ3n) is 3.06. The summed E-state index contributed by atoms with van der Waals surface area (Å²) >= 11 is 1.79. The Hall–Kier alpha value is -0.180. The van der Waals surface area contributed by atoms with E-state index in [0.717, 1.165) is 18.6 Å². The van der Waals surface area contributed by atoms with Crippen LogP contribution in [0.4, 0.5) is 0 Å². The fourth-order valence-electron chi connectivity index (χ4n) is 1.83. The third-order valence-corrected chi connectivity index (χ3v) is 3.75. The minimum Gasteiger partial charge on any atom is -0.466 e. The second kappa shape index (κ2) is 12.3. The lowest BCUT2D eigenvalue weighted by molar-refractivity contribution is -0.144. The molecular weight excluding hydrogens is 232 g/mol. The summed E-state index contributed by atoms with van der Waals surface area (Å²) in [6, 6.07) is 0. The Morgan fingerprint density at radius 3 is 2.59 bits per heavy atom. The van der Waals surface area contributed by atoms with Gasteiger partial charge in [-0.3, -0.25) is 4.79 Å². The van der Waals surface area contributed by atoms with Gasteiger partial charge in [-0.15, -0.1) is 0 Å². The molecule has 1 unspecified atom stereocenters. The van der Waals surface area contributed by atoms with Crippen LogP contribution in [0.25, 0.3) is 0 Å². The van der Waals surface area contributed by atoms with Crippen molar-refractivity contribution in [2.75, 3.05) is 18.6 Å². The monoisotopic (exact) mass is 260 g/mol. The van der Waals surface area contributed by atoms with E-state index in [1.807, 2.05) is 0 Å². The quantitative estimate of drug-likeness (QED) is 0.410.